The number of hydrogen-bond donors (Lipinski definition) is 2. The Morgan fingerprint density at radius 2 is 1.90 bits per heavy atom. The lowest BCUT2D eigenvalue weighted by Crippen LogP contribution is -2.36. The molecule has 1 aromatic rings. The molecule has 0 aliphatic heterocycles. The summed E-state index contributed by atoms with van der Waals surface area (Å²) in [6.07, 6.45) is 0.633. The minimum atomic E-state index is -0.716. The summed E-state index contributed by atoms with van der Waals surface area (Å²) < 4.78 is 10.4. The first-order chi connectivity index (χ1) is 10.0. The molecule has 0 saturated carbocycles. The van der Waals surface area contributed by atoms with Crippen LogP contribution < -0.4 is 15.4 Å². The molecular formula is C15H22N2O4. The van der Waals surface area contributed by atoms with E-state index in [1.54, 1.807) is 31.4 Å². The zero-order valence-corrected chi connectivity index (χ0v) is 12.6. The fraction of sp³-hybridized carbons (Fsp3) is 0.467. The molecule has 0 aliphatic carbocycles. The van der Waals surface area contributed by atoms with Crippen molar-refractivity contribution in [1.82, 2.24) is 5.32 Å². The molecule has 0 spiro atoms. The summed E-state index contributed by atoms with van der Waals surface area (Å²) in [5.74, 6) is -0.856. The van der Waals surface area contributed by atoms with Gasteiger partial charge in [0.15, 0.2) is 0 Å². The third-order valence-electron chi connectivity index (χ3n) is 2.51. The zero-order valence-electron chi connectivity index (χ0n) is 12.6. The molecule has 6 heteroatoms. The highest BCUT2D eigenvalue weighted by molar-refractivity contribution is 6.39. The zero-order chi connectivity index (χ0) is 15.7. The van der Waals surface area contributed by atoms with Gasteiger partial charge in [-0.3, -0.25) is 9.59 Å². The maximum absolute atomic E-state index is 11.8. The van der Waals surface area contributed by atoms with Crippen LogP contribution >= 0.6 is 0 Å². The van der Waals surface area contributed by atoms with E-state index in [2.05, 4.69) is 10.6 Å². The number of hydrogen-bond acceptors (Lipinski definition) is 4. The lowest BCUT2D eigenvalue weighted by molar-refractivity contribution is -0.136. The van der Waals surface area contributed by atoms with Crippen LogP contribution in [0.2, 0.25) is 0 Å². The molecule has 0 radical (unpaired) electrons. The van der Waals surface area contributed by atoms with Crippen LogP contribution in [0.3, 0.4) is 0 Å². The van der Waals surface area contributed by atoms with E-state index < -0.39 is 11.8 Å². The average molecular weight is 294 g/mol. The number of carbonyl (C=O) groups excluding carboxylic acids is 2. The quantitative estimate of drug-likeness (QED) is 0.591. The van der Waals surface area contributed by atoms with E-state index in [0.29, 0.717) is 31.0 Å². The van der Waals surface area contributed by atoms with Crippen LogP contribution in [-0.4, -0.2) is 38.2 Å². The highest BCUT2D eigenvalue weighted by Gasteiger charge is 2.15. The second kappa shape index (κ2) is 8.97. The first kappa shape index (κ1) is 17.0. The Balaban J connectivity index is 2.56. The molecule has 0 bridgehead atoms. The van der Waals surface area contributed by atoms with Gasteiger partial charge in [0.2, 0.25) is 0 Å². The van der Waals surface area contributed by atoms with Crippen molar-refractivity contribution in [2.45, 2.75) is 26.4 Å². The molecule has 0 atom stereocenters. The summed E-state index contributed by atoms with van der Waals surface area (Å²) >= 11 is 0. The Kier molecular flexibility index (Phi) is 7.25. The lowest BCUT2D eigenvalue weighted by atomic mass is 10.3. The van der Waals surface area contributed by atoms with E-state index in [-0.39, 0.29) is 6.10 Å². The van der Waals surface area contributed by atoms with Crippen molar-refractivity contribution < 1.29 is 19.1 Å². The number of benzene rings is 1. The maximum Gasteiger partial charge on any atom is 0.313 e. The number of amides is 2. The molecule has 116 valence electrons. The molecule has 0 heterocycles. The number of nitrogens with one attached hydrogen (secondary N) is 2. The van der Waals surface area contributed by atoms with Crippen molar-refractivity contribution in [3.05, 3.63) is 24.3 Å². The number of para-hydroxylation sites is 2. The van der Waals surface area contributed by atoms with Crippen LogP contribution in [0.4, 0.5) is 5.69 Å². The Morgan fingerprint density at radius 1 is 1.19 bits per heavy atom. The van der Waals surface area contributed by atoms with E-state index >= 15 is 0 Å². The molecule has 0 unspecified atom stereocenters. The Hall–Kier alpha value is -2.08. The lowest BCUT2D eigenvalue weighted by Gasteiger charge is -2.14. The first-order valence-electron chi connectivity index (χ1n) is 6.88. The van der Waals surface area contributed by atoms with Gasteiger partial charge in [0.25, 0.3) is 0 Å². The smallest absolute Gasteiger partial charge is 0.313 e. The maximum atomic E-state index is 11.8. The van der Waals surface area contributed by atoms with Gasteiger partial charge in [0.05, 0.1) is 11.8 Å². The Morgan fingerprint density at radius 3 is 2.57 bits per heavy atom. The summed E-state index contributed by atoms with van der Waals surface area (Å²) in [7, 11) is 1.58. The third-order valence-corrected chi connectivity index (χ3v) is 2.51. The van der Waals surface area contributed by atoms with Gasteiger partial charge in [-0.05, 0) is 32.4 Å². The van der Waals surface area contributed by atoms with Crippen molar-refractivity contribution in [3.63, 3.8) is 0 Å². The molecule has 2 amide bonds. The molecule has 2 N–H and O–H groups in total. The van der Waals surface area contributed by atoms with Crippen LogP contribution in [0.1, 0.15) is 20.3 Å². The van der Waals surface area contributed by atoms with Crippen molar-refractivity contribution in [2.24, 2.45) is 0 Å². The van der Waals surface area contributed by atoms with Gasteiger partial charge in [-0.2, -0.15) is 0 Å². The van der Waals surface area contributed by atoms with Crippen molar-refractivity contribution >= 4 is 17.5 Å². The molecule has 6 nitrogen and oxygen atoms in total. The van der Waals surface area contributed by atoms with Gasteiger partial charge in [-0.25, -0.2) is 0 Å². The van der Waals surface area contributed by atoms with Crippen molar-refractivity contribution in [2.75, 3.05) is 25.6 Å². The average Bonchev–Trinajstić information content (AvgIpc) is 2.45. The van der Waals surface area contributed by atoms with Gasteiger partial charge in [-0.1, -0.05) is 12.1 Å². The predicted octanol–water partition coefficient (Wildman–Crippen LogP) is 1.56. The fourth-order valence-electron chi connectivity index (χ4n) is 1.60. The predicted molar refractivity (Wildman–Crippen MR) is 80.3 cm³/mol. The minimum absolute atomic E-state index is 0.0223. The second-order valence-corrected chi connectivity index (χ2v) is 4.72. The van der Waals surface area contributed by atoms with Crippen LogP contribution in [0.15, 0.2) is 24.3 Å². The second-order valence-electron chi connectivity index (χ2n) is 4.72. The van der Waals surface area contributed by atoms with E-state index in [0.717, 1.165) is 0 Å². The minimum Gasteiger partial charge on any atom is -0.489 e. The number of methoxy groups -OCH3 is 1. The fourth-order valence-corrected chi connectivity index (χ4v) is 1.60. The standard InChI is InChI=1S/C15H22N2O4/c1-11(2)21-13-8-5-4-7-12(13)17-15(19)14(18)16-9-6-10-20-3/h4-5,7-8,11H,6,9-10H2,1-3H3,(H,16,18)(H,17,19). The SMILES string of the molecule is COCCCNC(=O)C(=O)Nc1ccccc1OC(C)C. The number of anilines is 1. The van der Waals surface area contributed by atoms with Gasteiger partial charge in [-0.15, -0.1) is 0 Å². The Labute approximate surface area is 124 Å². The highest BCUT2D eigenvalue weighted by Crippen LogP contribution is 2.24. The Bertz CT molecular complexity index is 474. The van der Waals surface area contributed by atoms with Gasteiger partial charge in [0, 0.05) is 20.3 Å². The van der Waals surface area contributed by atoms with E-state index in [1.807, 2.05) is 13.8 Å². The molecule has 0 saturated heterocycles. The van der Waals surface area contributed by atoms with E-state index in [1.165, 1.54) is 0 Å². The summed E-state index contributed by atoms with van der Waals surface area (Å²) in [4.78, 5) is 23.4. The summed E-state index contributed by atoms with van der Waals surface area (Å²) in [5, 5.41) is 5.08. The van der Waals surface area contributed by atoms with Crippen LogP contribution in [0.25, 0.3) is 0 Å². The molecular weight excluding hydrogens is 272 g/mol. The first-order valence-corrected chi connectivity index (χ1v) is 6.88. The number of carbonyl (C=O) groups is 2. The molecule has 0 aromatic heterocycles. The third kappa shape index (κ3) is 6.27. The van der Waals surface area contributed by atoms with Crippen LogP contribution in [0, 0.1) is 0 Å². The van der Waals surface area contributed by atoms with Crippen LogP contribution in [-0.2, 0) is 14.3 Å². The van der Waals surface area contributed by atoms with Gasteiger partial charge < -0.3 is 20.1 Å². The summed E-state index contributed by atoms with van der Waals surface area (Å²) in [6, 6.07) is 7.00. The molecule has 1 aromatic carbocycles. The normalized spacial score (nSPS) is 10.3. The topological polar surface area (TPSA) is 76.7 Å². The van der Waals surface area contributed by atoms with Gasteiger partial charge >= 0.3 is 11.8 Å². The monoisotopic (exact) mass is 294 g/mol. The summed E-state index contributed by atoms with van der Waals surface area (Å²) in [6.45, 7) is 4.71. The van der Waals surface area contributed by atoms with Gasteiger partial charge in [0.1, 0.15) is 5.75 Å². The van der Waals surface area contributed by atoms with Crippen molar-refractivity contribution in [3.8, 4) is 5.75 Å². The molecule has 21 heavy (non-hydrogen) atoms. The van der Waals surface area contributed by atoms with E-state index in [4.69, 9.17) is 9.47 Å². The number of ether oxygens (including phenoxy) is 2. The highest BCUT2D eigenvalue weighted by atomic mass is 16.5. The number of rotatable bonds is 7. The van der Waals surface area contributed by atoms with Crippen LogP contribution in [0.5, 0.6) is 5.75 Å². The van der Waals surface area contributed by atoms with Crippen molar-refractivity contribution in [1.29, 1.82) is 0 Å². The molecule has 0 aliphatic rings. The largest absolute Gasteiger partial charge is 0.489 e. The van der Waals surface area contributed by atoms with E-state index in [9.17, 15) is 9.59 Å². The molecule has 1 rings (SSSR count). The molecule has 0 fully saturated rings. The summed E-state index contributed by atoms with van der Waals surface area (Å²) in [5.41, 5.74) is 0.475.